The molecule has 1 atom stereocenters. The maximum atomic E-state index is 13.0. The van der Waals surface area contributed by atoms with Crippen LogP contribution in [-0.2, 0) is 21.6 Å². The molecule has 0 aliphatic carbocycles. The zero-order chi connectivity index (χ0) is 15.0. The molecule has 1 unspecified atom stereocenters. The van der Waals surface area contributed by atoms with Crippen LogP contribution in [0.25, 0.3) is 10.9 Å². The lowest BCUT2D eigenvalue weighted by Gasteiger charge is -2.17. The van der Waals surface area contributed by atoms with Crippen LogP contribution in [0.5, 0.6) is 0 Å². The van der Waals surface area contributed by atoms with Gasteiger partial charge in [-0.2, -0.15) is 8.42 Å². The first-order valence-corrected chi connectivity index (χ1v) is 7.93. The minimum absolute atomic E-state index is 0.103. The molecule has 2 heterocycles. The summed E-state index contributed by atoms with van der Waals surface area (Å²) in [5, 5.41) is -0.350. The smallest absolute Gasteiger partial charge is 0.307 e. The zero-order valence-electron chi connectivity index (χ0n) is 11.1. The Morgan fingerprint density at radius 1 is 1.29 bits per heavy atom. The van der Waals surface area contributed by atoms with Gasteiger partial charge in [0.2, 0.25) is 5.91 Å². The van der Waals surface area contributed by atoms with Crippen LogP contribution in [0.15, 0.2) is 36.5 Å². The Bertz CT molecular complexity index is 801. The Morgan fingerprint density at radius 3 is 2.81 bits per heavy atom. The molecule has 5 nitrogen and oxygen atoms in total. The van der Waals surface area contributed by atoms with Gasteiger partial charge in [-0.05, 0) is 17.7 Å². The molecule has 0 spiro atoms. The molecule has 1 aromatic heterocycles. The molecule has 1 fully saturated rings. The van der Waals surface area contributed by atoms with Crippen molar-refractivity contribution in [1.82, 2.24) is 9.88 Å². The summed E-state index contributed by atoms with van der Waals surface area (Å²) in [5.74, 6) is -0.345. The van der Waals surface area contributed by atoms with E-state index in [9.17, 15) is 17.1 Å². The van der Waals surface area contributed by atoms with Crippen molar-refractivity contribution in [1.29, 1.82) is 0 Å². The van der Waals surface area contributed by atoms with E-state index in [0.717, 1.165) is 16.5 Å². The van der Waals surface area contributed by atoms with Crippen molar-refractivity contribution in [2.75, 3.05) is 6.54 Å². The van der Waals surface area contributed by atoms with Crippen LogP contribution in [0.2, 0.25) is 0 Å². The monoisotopic (exact) mass is 308 g/mol. The lowest BCUT2D eigenvalue weighted by Crippen LogP contribution is -2.26. The van der Waals surface area contributed by atoms with E-state index in [4.69, 9.17) is 0 Å². The van der Waals surface area contributed by atoms with Gasteiger partial charge in [-0.3, -0.25) is 9.78 Å². The molecule has 1 saturated heterocycles. The summed E-state index contributed by atoms with van der Waals surface area (Å²) in [6.45, 7) is 0.155. The van der Waals surface area contributed by atoms with E-state index < -0.39 is 15.5 Å². The van der Waals surface area contributed by atoms with Crippen molar-refractivity contribution in [3.05, 3.63) is 42.1 Å². The average molecular weight is 308 g/mol. The van der Waals surface area contributed by atoms with Crippen LogP contribution in [0, 0.1) is 0 Å². The van der Waals surface area contributed by atoms with Gasteiger partial charge < -0.3 is 4.90 Å². The summed E-state index contributed by atoms with van der Waals surface area (Å²) in [6, 6.07) is 9.23. The second kappa shape index (κ2) is 5.07. The summed E-state index contributed by atoms with van der Waals surface area (Å²) in [4.78, 5) is 17.5. The number of carbonyl (C=O) groups excluding carboxylic acids is 1. The molecule has 1 aliphatic heterocycles. The van der Waals surface area contributed by atoms with Crippen LogP contribution in [0.4, 0.5) is 3.89 Å². The molecule has 1 aromatic carbocycles. The van der Waals surface area contributed by atoms with Crippen LogP contribution < -0.4 is 0 Å². The quantitative estimate of drug-likeness (QED) is 0.808. The van der Waals surface area contributed by atoms with Crippen molar-refractivity contribution in [3.8, 4) is 0 Å². The molecule has 0 radical (unpaired) electrons. The third-order valence-electron chi connectivity index (χ3n) is 3.67. The maximum absolute atomic E-state index is 13.0. The number of aromatic nitrogens is 1. The molecule has 1 aliphatic rings. The van der Waals surface area contributed by atoms with Gasteiger partial charge in [-0.25, -0.2) is 0 Å². The number of pyridine rings is 1. The van der Waals surface area contributed by atoms with Gasteiger partial charge in [0.25, 0.3) is 0 Å². The van der Waals surface area contributed by atoms with Crippen molar-refractivity contribution < 1.29 is 17.1 Å². The van der Waals surface area contributed by atoms with Crippen molar-refractivity contribution in [2.45, 2.75) is 18.2 Å². The van der Waals surface area contributed by atoms with Gasteiger partial charge in [-0.1, -0.05) is 18.2 Å². The number of amides is 1. The molecule has 2 aromatic rings. The second-order valence-electron chi connectivity index (χ2n) is 5.06. The molecule has 0 saturated carbocycles. The van der Waals surface area contributed by atoms with E-state index in [2.05, 4.69) is 4.98 Å². The number of hydrogen-bond donors (Lipinski definition) is 0. The Kier molecular flexibility index (Phi) is 3.36. The predicted molar refractivity (Wildman–Crippen MR) is 75.6 cm³/mol. The molecule has 3 rings (SSSR count). The Hall–Kier alpha value is -2.02. The number of benzene rings is 1. The Morgan fingerprint density at radius 2 is 2.10 bits per heavy atom. The van der Waals surface area contributed by atoms with Crippen molar-refractivity contribution >= 4 is 27.0 Å². The Labute approximate surface area is 121 Å². The minimum atomic E-state index is -4.68. The molecule has 1 amide bonds. The third kappa shape index (κ3) is 2.73. The number of carbonyl (C=O) groups is 1. The molecular formula is C14H13FN2O3S. The first kappa shape index (κ1) is 13.9. The van der Waals surface area contributed by atoms with E-state index in [1.807, 2.05) is 24.3 Å². The summed E-state index contributed by atoms with van der Waals surface area (Å²) >= 11 is 0. The molecule has 0 N–H and O–H groups in total. The van der Waals surface area contributed by atoms with Crippen LogP contribution in [-0.4, -0.2) is 36.0 Å². The van der Waals surface area contributed by atoms with E-state index >= 15 is 0 Å². The van der Waals surface area contributed by atoms with E-state index in [1.54, 1.807) is 12.3 Å². The number of nitrogens with zero attached hydrogens (tertiary/aromatic N) is 2. The highest BCUT2D eigenvalue weighted by atomic mass is 32.3. The zero-order valence-corrected chi connectivity index (χ0v) is 11.9. The number of likely N-dealkylation sites (tertiary alicyclic amines) is 1. The van der Waals surface area contributed by atoms with Crippen LogP contribution >= 0.6 is 0 Å². The van der Waals surface area contributed by atoms with Gasteiger partial charge >= 0.3 is 10.2 Å². The van der Waals surface area contributed by atoms with Crippen molar-refractivity contribution in [3.63, 3.8) is 0 Å². The summed E-state index contributed by atoms with van der Waals surface area (Å²) < 4.78 is 34.9. The largest absolute Gasteiger partial charge is 0.337 e. The highest BCUT2D eigenvalue weighted by Gasteiger charge is 2.38. The highest BCUT2D eigenvalue weighted by molar-refractivity contribution is 7.87. The number of fused-ring (bicyclic) bond motifs is 1. The molecule has 110 valence electrons. The van der Waals surface area contributed by atoms with Gasteiger partial charge in [0.1, 0.15) is 5.25 Å². The fourth-order valence-electron chi connectivity index (χ4n) is 2.59. The lowest BCUT2D eigenvalue weighted by atomic mass is 10.1. The van der Waals surface area contributed by atoms with Gasteiger partial charge in [0.05, 0.1) is 5.52 Å². The normalized spacial score (nSPS) is 19.4. The molecular weight excluding hydrogens is 295 g/mol. The highest BCUT2D eigenvalue weighted by Crippen LogP contribution is 2.24. The average Bonchev–Trinajstić information content (AvgIpc) is 2.81. The fourth-order valence-corrected chi connectivity index (χ4v) is 3.29. The van der Waals surface area contributed by atoms with Gasteiger partial charge in [-0.15, -0.1) is 3.89 Å². The summed E-state index contributed by atoms with van der Waals surface area (Å²) in [5.41, 5.74) is 1.67. The second-order valence-corrected chi connectivity index (χ2v) is 6.68. The van der Waals surface area contributed by atoms with Gasteiger partial charge in [0, 0.05) is 31.1 Å². The van der Waals surface area contributed by atoms with Crippen molar-refractivity contribution in [2.24, 2.45) is 0 Å². The number of rotatable bonds is 3. The van der Waals surface area contributed by atoms with E-state index in [0.29, 0.717) is 0 Å². The van der Waals surface area contributed by atoms with E-state index in [-0.39, 0.29) is 25.4 Å². The minimum Gasteiger partial charge on any atom is -0.337 e. The molecule has 7 heteroatoms. The first-order chi connectivity index (χ1) is 9.95. The first-order valence-electron chi connectivity index (χ1n) is 6.49. The van der Waals surface area contributed by atoms with Crippen LogP contribution in [0.1, 0.15) is 12.0 Å². The summed E-state index contributed by atoms with van der Waals surface area (Å²) in [7, 11) is -4.68. The lowest BCUT2D eigenvalue weighted by molar-refractivity contribution is -0.128. The van der Waals surface area contributed by atoms with Gasteiger partial charge in [0.15, 0.2) is 0 Å². The van der Waals surface area contributed by atoms with E-state index in [1.165, 1.54) is 4.90 Å². The van der Waals surface area contributed by atoms with Crippen LogP contribution in [0.3, 0.4) is 0 Å². The topological polar surface area (TPSA) is 67.3 Å². The maximum Gasteiger partial charge on any atom is 0.307 e. The summed E-state index contributed by atoms with van der Waals surface area (Å²) in [6.07, 6.45) is 1.39. The SMILES string of the molecule is O=C1CC(S(=O)(=O)F)CN1Cc1cccc2ncccc12. The molecule has 21 heavy (non-hydrogen) atoms. The standard InChI is InChI=1S/C14H13FN2O3S/c15-21(19,20)11-7-14(18)17(9-11)8-10-3-1-5-13-12(10)4-2-6-16-13/h1-6,11H,7-9H2. The molecule has 0 bridgehead atoms. The number of halogens is 1. The fraction of sp³-hybridized carbons (Fsp3) is 0.286. The Balaban J connectivity index is 1.88. The third-order valence-corrected chi connectivity index (χ3v) is 4.79. The predicted octanol–water partition coefficient (Wildman–Crippen LogP) is 1.64. The number of hydrogen-bond acceptors (Lipinski definition) is 4.